The highest BCUT2D eigenvalue weighted by Gasteiger charge is 2.37. The van der Waals surface area contributed by atoms with E-state index in [2.05, 4.69) is 25.2 Å². The first kappa shape index (κ1) is 24.3. The van der Waals surface area contributed by atoms with Crippen LogP contribution in [-0.2, 0) is 12.1 Å². The number of benzene rings is 3. The van der Waals surface area contributed by atoms with Gasteiger partial charge in [-0.15, -0.1) is 10.2 Å². The van der Waals surface area contributed by atoms with Crippen molar-refractivity contribution in [2.45, 2.75) is 30.9 Å². The van der Waals surface area contributed by atoms with Crippen molar-refractivity contribution in [3.8, 4) is 11.5 Å². The molecule has 8 nitrogen and oxygen atoms in total. The molecule has 2 aromatic heterocycles. The van der Waals surface area contributed by atoms with Crippen molar-refractivity contribution in [2.24, 2.45) is 0 Å². The average molecular weight is 517 g/mol. The first-order valence-electron chi connectivity index (χ1n) is 12.5. The Balaban J connectivity index is 1.17. The molecular weight excluding hydrogens is 490 g/mol. The van der Waals surface area contributed by atoms with Gasteiger partial charge in [-0.05, 0) is 48.8 Å². The maximum atomic E-state index is 14.8. The number of likely N-dealkylation sites (tertiary alicyclic amines) is 1. The Labute approximate surface area is 217 Å². The van der Waals surface area contributed by atoms with Crippen LogP contribution in [0.3, 0.4) is 0 Å². The summed E-state index contributed by atoms with van der Waals surface area (Å²) in [5.74, 6) is -0.330. The van der Waals surface area contributed by atoms with Gasteiger partial charge >= 0.3 is 0 Å². The Morgan fingerprint density at radius 2 is 1.79 bits per heavy atom. The van der Waals surface area contributed by atoms with Crippen LogP contribution in [-0.4, -0.2) is 54.6 Å². The summed E-state index contributed by atoms with van der Waals surface area (Å²) in [7, 11) is 0. The fourth-order valence-corrected chi connectivity index (χ4v) is 5.30. The normalized spacial score (nSPS) is 16.6. The Hall–Kier alpha value is -4.02. The fourth-order valence-electron chi connectivity index (χ4n) is 5.30. The number of piperidine rings is 1. The number of β-amino-alcohol motifs (C(OH)–C–C–N with tert-alkyl or cyclic N) is 1. The smallest absolute Gasteiger partial charge is 0.248 e. The van der Waals surface area contributed by atoms with E-state index in [4.69, 9.17) is 4.42 Å². The van der Waals surface area contributed by atoms with Crippen LogP contribution in [0.4, 0.5) is 8.78 Å². The molecule has 10 heteroatoms. The molecule has 1 fully saturated rings. The molecule has 1 aliphatic heterocycles. The number of hydrogen-bond acceptors (Lipinski definition) is 7. The van der Waals surface area contributed by atoms with Crippen LogP contribution in [0.15, 0.2) is 77.7 Å². The van der Waals surface area contributed by atoms with Gasteiger partial charge in [0.15, 0.2) is 0 Å². The van der Waals surface area contributed by atoms with E-state index in [-0.39, 0.29) is 24.6 Å². The Kier molecular flexibility index (Phi) is 6.42. The molecular formula is C28H26F2N6O2. The van der Waals surface area contributed by atoms with Gasteiger partial charge < -0.3 is 14.4 Å². The summed E-state index contributed by atoms with van der Waals surface area (Å²) in [6.45, 7) is 1.40. The zero-order valence-corrected chi connectivity index (χ0v) is 20.5. The maximum Gasteiger partial charge on any atom is 0.248 e. The molecule has 5 aromatic rings. The van der Waals surface area contributed by atoms with Crippen LogP contribution < -0.4 is 0 Å². The Morgan fingerprint density at radius 3 is 2.58 bits per heavy atom. The summed E-state index contributed by atoms with van der Waals surface area (Å²) in [6, 6.07) is 17.3. The predicted octanol–water partition coefficient (Wildman–Crippen LogP) is 4.53. The van der Waals surface area contributed by atoms with Crippen molar-refractivity contribution in [1.29, 1.82) is 0 Å². The summed E-state index contributed by atoms with van der Waals surface area (Å²) < 4.78 is 35.9. The first-order chi connectivity index (χ1) is 18.5. The van der Waals surface area contributed by atoms with Crippen LogP contribution in [0.5, 0.6) is 0 Å². The zero-order chi connectivity index (χ0) is 26.1. The molecule has 1 N–H and O–H groups in total. The van der Waals surface area contributed by atoms with E-state index in [1.807, 2.05) is 42.5 Å². The number of aromatic nitrogens is 5. The second-order valence-corrected chi connectivity index (χ2v) is 9.77. The molecule has 0 amide bonds. The molecule has 0 aliphatic carbocycles. The van der Waals surface area contributed by atoms with E-state index < -0.39 is 17.2 Å². The van der Waals surface area contributed by atoms with Gasteiger partial charge in [0.2, 0.25) is 11.8 Å². The largest absolute Gasteiger partial charge is 0.420 e. The van der Waals surface area contributed by atoms with Crippen molar-refractivity contribution < 1.29 is 18.3 Å². The zero-order valence-electron chi connectivity index (χ0n) is 20.5. The molecule has 0 radical (unpaired) electrons. The number of hydrogen-bond donors (Lipinski definition) is 1. The van der Waals surface area contributed by atoms with E-state index in [1.165, 1.54) is 23.4 Å². The molecule has 194 valence electrons. The molecule has 1 unspecified atom stereocenters. The summed E-state index contributed by atoms with van der Waals surface area (Å²) in [6.07, 6.45) is 4.29. The van der Waals surface area contributed by atoms with Crippen LogP contribution in [0.2, 0.25) is 0 Å². The lowest BCUT2D eigenvalue weighted by molar-refractivity contribution is -0.0270. The van der Waals surface area contributed by atoms with E-state index in [0.717, 1.165) is 41.3 Å². The monoisotopic (exact) mass is 516 g/mol. The molecule has 0 spiro atoms. The van der Waals surface area contributed by atoms with Gasteiger partial charge in [-0.1, -0.05) is 42.5 Å². The van der Waals surface area contributed by atoms with Gasteiger partial charge in [-0.2, -0.15) is 5.10 Å². The van der Waals surface area contributed by atoms with Gasteiger partial charge in [0.1, 0.15) is 29.9 Å². The maximum absolute atomic E-state index is 14.8. The van der Waals surface area contributed by atoms with Crippen LogP contribution in [0, 0.1) is 11.6 Å². The van der Waals surface area contributed by atoms with E-state index in [9.17, 15) is 13.9 Å². The quantitative estimate of drug-likeness (QED) is 0.340. The lowest BCUT2D eigenvalue weighted by atomic mass is 9.90. The SMILES string of the molecule is OC(CN1CCC(c2nnc(-c3cccc4ccccc34)o2)CC1)(Cn1cncn1)c1ccc(F)cc1F. The van der Waals surface area contributed by atoms with E-state index in [0.29, 0.717) is 24.9 Å². The summed E-state index contributed by atoms with van der Waals surface area (Å²) in [5.41, 5.74) is -0.711. The van der Waals surface area contributed by atoms with E-state index in [1.54, 1.807) is 0 Å². The summed E-state index contributed by atoms with van der Waals surface area (Å²) in [5, 5.41) is 26.6. The minimum absolute atomic E-state index is 0.0203. The third-order valence-electron chi connectivity index (χ3n) is 7.21. The van der Waals surface area contributed by atoms with Crippen LogP contribution >= 0.6 is 0 Å². The van der Waals surface area contributed by atoms with E-state index >= 15 is 0 Å². The van der Waals surface area contributed by atoms with Crippen molar-refractivity contribution in [1.82, 2.24) is 29.9 Å². The average Bonchev–Trinajstić information content (AvgIpc) is 3.61. The molecule has 1 saturated heterocycles. The van der Waals surface area contributed by atoms with Gasteiger partial charge in [0.25, 0.3) is 0 Å². The number of fused-ring (bicyclic) bond motifs is 1. The highest BCUT2D eigenvalue weighted by Crippen LogP contribution is 2.34. The molecule has 3 aromatic carbocycles. The number of rotatable bonds is 7. The minimum Gasteiger partial charge on any atom is -0.420 e. The number of halogens is 2. The molecule has 38 heavy (non-hydrogen) atoms. The van der Waals surface area contributed by atoms with Crippen LogP contribution in [0.1, 0.15) is 30.2 Å². The van der Waals surface area contributed by atoms with Crippen LogP contribution in [0.25, 0.3) is 22.2 Å². The standard InChI is InChI=1S/C28H26F2N6O2/c29-21-8-9-24(25(30)14-21)28(37,16-36-18-31-17-32-36)15-35-12-10-20(11-13-35)26-33-34-27(38-26)23-7-3-5-19-4-1-2-6-22(19)23/h1-9,14,17-18,20,37H,10-13,15-16H2. The van der Waals surface area contributed by atoms with Gasteiger partial charge in [0, 0.05) is 29.7 Å². The van der Waals surface area contributed by atoms with Crippen molar-refractivity contribution in [3.63, 3.8) is 0 Å². The Bertz CT molecular complexity index is 1540. The van der Waals surface area contributed by atoms with Gasteiger partial charge in [-0.3, -0.25) is 0 Å². The summed E-state index contributed by atoms with van der Waals surface area (Å²) >= 11 is 0. The first-order valence-corrected chi connectivity index (χ1v) is 12.5. The second kappa shape index (κ2) is 10.0. The second-order valence-electron chi connectivity index (χ2n) is 9.77. The minimum atomic E-state index is -1.63. The molecule has 0 bridgehead atoms. The highest BCUT2D eigenvalue weighted by atomic mass is 19.1. The Morgan fingerprint density at radius 1 is 0.974 bits per heavy atom. The third kappa shape index (κ3) is 4.80. The molecule has 3 heterocycles. The topological polar surface area (TPSA) is 93.1 Å². The third-order valence-corrected chi connectivity index (χ3v) is 7.21. The molecule has 1 atom stereocenters. The highest BCUT2D eigenvalue weighted by molar-refractivity contribution is 5.94. The van der Waals surface area contributed by atoms with Crippen molar-refractivity contribution >= 4 is 10.8 Å². The lowest BCUT2D eigenvalue weighted by Gasteiger charge is -2.37. The molecule has 0 saturated carbocycles. The van der Waals surface area contributed by atoms with Crippen molar-refractivity contribution in [3.05, 3.63) is 96.4 Å². The van der Waals surface area contributed by atoms with Crippen molar-refractivity contribution in [2.75, 3.05) is 19.6 Å². The predicted molar refractivity (Wildman–Crippen MR) is 136 cm³/mol. The number of aliphatic hydroxyl groups is 1. The summed E-state index contributed by atoms with van der Waals surface area (Å²) in [4.78, 5) is 5.99. The molecule has 6 rings (SSSR count). The molecule has 1 aliphatic rings. The van der Waals surface area contributed by atoms with Gasteiger partial charge in [-0.25, -0.2) is 18.4 Å². The van der Waals surface area contributed by atoms with Gasteiger partial charge in [0.05, 0.1) is 6.54 Å². The number of nitrogens with zero attached hydrogens (tertiary/aromatic N) is 6. The lowest BCUT2D eigenvalue weighted by Crippen LogP contribution is -2.47. The fraction of sp³-hybridized carbons (Fsp3) is 0.286.